The fraction of sp³-hybridized carbons (Fsp3) is 0.364. The Kier molecular flexibility index (Phi) is 3.97. The molecule has 4 nitrogen and oxygen atoms in total. The van der Waals surface area contributed by atoms with E-state index in [0.29, 0.717) is 5.75 Å². The Bertz CT molecular complexity index is 350. The van der Waals surface area contributed by atoms with E-state index >= 15 is 0 Å². The summed E-state index contributed by atoms with van der Waals surface area (Å²) in [5.74, 6) is 0.418. The second-order valence-corrected chi connectivity index (χ2v) is 3.03. The molecule has 0 unspecified atom stereocenters. The zero-order valence-corrected chi connectivity index (χ0v) is 9.16. The van der Waals surface area contributed by atoms with E-state index in [1.54, 1.807) is 7.11 Å². The van der Waals surface area contributed by atoms with Gasteiger partial charge in [0.1, 0.15) is 5.75 Å². The average Bonchev–Trinajstić information content (AvgIpc) is 2.28. The molecule has 0 aromatic heterocycles. The van der Waals surface area contributed by atoms with E-state index in [4.69, 9.17) is 4.74 Å². The molecule has 0 saturated carbocycles. The van der Waals surface area contributed by atoms with E-state index in [0.717, 1.165) is 11.3 Å². The SMILES string of the molecule is CNc1ccc(OC)c(CC(=O)OC)c1. The molecule has 0 saturated heterocycles. The van der Waals surface area contributed by atoms with Crippen LogP contribution in [0.25, 0.3) is 0 Å². The molecular weight excluding hydrogens is 194 g/mol. The van der Waals surface area contributed by atoms with Gasteiger partial charge in [-0.05, 0) is 18.2 Å². The van der Waals surface area contributed by atoms with Crippen molar-refractivity contribution in [3.63, 3.8) is 0 Å². The molecule has 1 rings (SSSR count). The van der Waals surface area contributed by atoms with Crippen molar-refractivity contribution < 1.29 is 14.3 Å². The molecule has 0 atom stereocenters. The first-order chi connectivity index (χ1) is 7.21. The molecule has 0 fully saturated rings. The fourth-order valence-electron chi connectivity index (χ4n) is 1.30. The number of esters is 1. The molecular formula is C11H15NO3. The fourth-order valence-corrected chi connectivity index (χ4v) is 1.30. The Morgan fingerprint density at radius 3 is 2.67 bits per heavy atom. The van der Waals surface area contributed by atoms with Crippen molar-refractivity contribution in [1.82, 2.24) is 0 Å². The third-order valence-electron chi connectivity index (χ3n) is 2.13. The number of anilines is 1. The number of carbonyl (C=O) groups is 1. The molecule has 0 spiro atoms. The van der Waals surface area contributed by atoms with Crippen LogP contribution in [0.2, 0.25) is 0 Å². The Balaban J connectivity index is 2.95. The highest BCUT2D eigenvalue weighted by atomic mass is 16.5. The van der Waals surface area contributed by atoms with Gasteiger partial charge in [-0.2, -0.15) is 0 Å². The molecule has 0 aliphatic carbocycles. The summed E-state index contributed by atoms with van der Waals surface area (Å²) in [4.78, 5) is 11.2. The Hall–Kier alpha value is -1.71. The quantitative estimate of drug-likeness (QED) is 0.762. The predicted octanol–water partition coefficient (Wildman–Crippen LogP) is 1.45. The van der Waals surface area contributed by atoms with E-state index in [1.807, 2.05) is 25.2 Å². The van der Waals surface area contributed by atoms with Crippen molar-refractivity contribution in [3.05, 3.63) is 23.8 Å². The number of benzene rings is 1. The Labute approximate surface area is 89.2 Å². The molecule has 15 heavy (non-hydrogen) atoms. The lowest BCUT2D eigenvalue weighted by Crippen LogP contribution is -2.06. The van der Waals surface area contributed by atoms with Crippen molar-refractivity contribution in [2.24, 2.45) is 0 Å². The average molecular weight is 209 g/mol. The number of rotatable bonds is 4. The molecule has 0 radical (unpaired) electrons. The molecule has 1 aromatic rings. The van der Waals surface area contributed by atoms with Crippen LogP contribution in [0.15, 0.2) is 18.2 Å². The van der Waals surface area contributed by atoms with E-state index in [2.05, 4.69) is 10.1 Å². The standard InChI is InChI=1S/C11H15NO3/c1-12-9-4-5-10(14-2)8(6-9)7-11(13)15-3/h4-6,12H,7H2,1-3H3. The van der Waals surface area contributed by atoms with Gasteiger partial charge in [-0.1, -0.05) is 0 Å². The maximum Gasteiger partial charge on any atom is 0.310 e. The summed E-state index contributed by atoms with van der Waals surface area (Å²) < 4.78 is 9.77. The van der Waals surface area contributed by atoms with Crippen LogP contribution in [0.3, 0.4) is 0 Å². The van der Waals surface area contributed by atoms with E-state index in [-0.39, 0.29) is 12.4 Å². The number of ether oxygens (including phenoxy) is 2. The van der Waals surface area contributed by atoms with Crippen LogP contribution < -0.4 is 10.1 Å². The minimum atomic E-state index is -0.276. The highest BCUT2D eigenvalue weighted by Crippen LogP contribution is 2.23. The minimum absolute atomic E-state index is 0.217. The molecule has 82 valence electrons. The summed E-state index contributed by atoms with van der Waals surface area (Å²) in [6.45, 7) is 0. The van der Waals surface area contributed by atoms with Crippen LogP contribution in [0.5, 0.6) is 5.75 Å². The molecule has 1 aromatic carbocycles. The first-order valence-electron chi connectivity index (χ1n) is 4.62. The molecule has 0 heterocycles. The van der Waals surface area contributed by atoms with Gasteiger partial charge < -0.3 is 14.8 Å². The van der Waals surface area contributed by atoms with Gasteiger partial charge in [-0.15, -0.1) is 0 Å². The largest absolute Gasteiger partial charge is 0.496 e. The van der Waals surface area contributed by atoms with Gasteiger partial charge in [0.25, 0.3) is 0 Å². The number of hydrogen-bond donors (Lipinski definition) is 1. The zero-order valence-electron chi connectivity index (χ0n) is 9.16. The predicted molar refractivity (Wildman–Crippen MR) is 58.3 cm³/mol. The Morgan fingerprint density at radius 2 is 2.13 bits per heavy atom. The lowest BCUT2D eigenvalue weighted by Gasteiger charge is -2.09. The second kappa shape index (κ2) is 5.24. The normalized spacial score (nSPS) is 9.53. The van der Waals surface area contributed by atoms with E-state index < -0.39 is 0 Å². The number of carbonyl (C=O) groups excluding carboxylic acids is 1. The third-order valence-corrected chi connectivity index (χ3v) is 2.13. The zero-order chi connectivity index (χ0) is 11.3. The van der Waals surface area contributed by atoms with Gasteiger partial charge in [-0.3, -0.25) is 4.79 Å². The van der Waals surface area contributed by atoms with Crippen molar-refractivity contribution in [2.75, 3.05) is 26.6 Å². The summed E-state index contributed by atoms with van der Waals surface area (Å²) in [6, 6.07) is 5.58. The topological polar surface area (TPSA) is 47.6 Å². The monoisotopic (exact) mass is 209 g/mol. The molecule has 0 bridgehead atoms. The molecule has 0 aliphatic rings. The van der Waals surface area contributed by atoms with Crippen LogP contribution >= 0.6 is 0 Å². The highest BCUT2D eigenvalue weighted by Gasteiger charge is 2.09. The summed E-state index contributed by atoms with van der Waals surface area (Å²) in [5, 5.41) is 3.00. The van der Waals surface area contributed by atoms with Gasteiger partial charge in [-0.25, -0.2) is 0 Å². The van der Waals surface area contributed by atoms with Crippen LogP contribution in [0.1, 0.15) is 5.56 Å². The molecule has 1 N–H and O–H groups in total. The summed E-state index contributed by atoms with van der Waals surface area (Å²) >= 11 is 0. The lowest BCUT2D eigenvalue weighted by atomic mass is 10.1. The molecule has 4 heteroatoms. The van der Waals surface area contributed by atoms with E-state index in [1.165, 1.54) is 7.11 Å². The number of methoxy groups -OCH3 is 2. The summed E-state index contributed by atoms with van der Waals surface area (Å²) in [5.41, 5.74) is 1.76. The van der Waals surface area contributed by atoms with Crippen LogP contribution in [0, 0.1) is 0 Å². The van der Waals surface area contributed by atoms with Gasteiger partial charge in [0.15, 0.2) is 0 Å². The molecule has 0 aliphatic heterocycles. The van der Waals surface area contributed by atoms with E-state index in [9.17, 15) is 4.79 Å². The first kappa shape index (κ1) is 11.4. The number of nitrogens with one attached hydrogen (secondary N) is 1. The second-order valence-electron chi connectivity index (χ2n) is 3.03. The molecule has 0 amide bonds. The van der Waals surface area contributed by atoms with Crippen molar-refractivity contribution in [2.45, 2.75) is 6.42 Å². The van der Waals surface area contributed by atoms with Gasteiger partial charge in [0.2, 0.25) is 0 Å². The summed E-state index contributed by atoms with van der Waals surface area (Å²) in [6.07, 6.45) is 0.217. The van der Waals surface area contributed by atoms with Gasteiger partial charge >= 0.3 is 5.97 Å². The smallest absolute Gasteiger partial charge is 0.310 e. The first-order valence-corrected chi connectivity index (χ1v) is 4.62. The minimum Gasteiger partial charge on any atom is -0.496 e. The van der Waals surface area contributed by atoms with Gasteiger partial charge in [0, 0.05) is 18.3 Å². The van der Waals surface area contributed by atoms with Crippen LogP contribution in [0.4, 0.5) is 5.69 Å². The van der Waals surface area contributed by atoms with Crippen molar-refractivity contribution in [1.29, 1.82) is 0 Å². The van der Waals surface area contributed by atoms with Crippen LogP contribution in [-0.2, 0) is 16.0 Å². The van der Waals surface area contributed by atoms with Crippen molar-refractivity contribution in [3.8, 4) is 5.75 Å². The van der Waals surface area contributed by atoms with Crippen LogP contribution in [-0.4, -0.2) is 27.2 Å². The lowest BCUT2D eigenvalue weighted by molar-refractivity contribution is -0.139. The van der Waals surface area contributed by atoms with Gasteiger partial charge in [0.05, 0.1) is 20.6 Å². The summed E-state index contributed by atoms with van der Waals surface area (Å²) in [7, 11) is 4.77. The maximum atomic E-state index is 11.2. The maximum absolute atomic E-state index is 11.2. The highest BCUT2D eigenvalue weighted by molar-refractivity contribution is 5.74. The Morgan fingerprint density at radius 1 is 1.40 bits per heavy atom. The number of hydrogen-bond acceptors (Lipinski definition) is 4. The van der Waals surface area contributed by atoms with Crippen molar-refractivity contribution >= 4 is 11.7 Å². The third kappa shape index (κ3) is 2.87.